The Kier molecular flexibility index (Phi) is 4.48. The monoisotopic (exact) mass is 308 g/mol. The van der Waals surface area contributed by atoms with Crippen LogP contribution in [-0.2, 0) is 10.0 Å². The van der Waals surface area contributed by atoms with Crippen LogP contribution in [-0.4, -0.2) is 30.8 Å². The van der Waals surface area contributed by atoms with Crippen LogP contribution < -0.4 is 0 Å². The first-order valence-corrected chi connectivity index (χ1v) is 8.02. The van der Waals surface area contributed by atoms with E-state index in [1.54, 1.807) is 0 Å². The number of pyridine rings is 1. The molecule has 2 rings (SSSR count). The third-order valence-electron chi connectivity index (χ3n) is 2.97. The maximum Gasteiger partial charge on any atom is 0.244 e. The van der Waals surface area contributed by atoms with Crippen LogP contribution in [0.1, 0.15) is 25.7 Å². The number of nitrogens with zero attached hydrogens (tertiary/aromatic N) is 2. The topological polar surface area (TPSA) is 50.3 Å². The summed E-state index contributed by atoms with van der Waals surface area (Å²) in [5, 5.41) is 0.277. The van der Waals surface area contributed by atoms with Gasteiger partial charge in [0.15, 0.2) is 0 Å². The second kappa shape index (κ2) is 5.74. The number of hydrogen-bond donors (Lipinski definition) is 0. The summed E-state index contributed by atoms with van der Waals surface area (Å²) in [6, 6.07) is 1.36. The fourth-order valence-electron chi connectivity index (χ4n) is 1.98. The minimum atomic E-state index is -3.50. The van der Waals surface area contributed by atoms with Crippen molar-refractivity contribution in [1.82, 2.24) is 9.29 Å². The lowest BCUT2D eigenvalue weighted by Gasteiger charge is -2.19. The van der Waals surface area contributed by atoms with Crippen molar-refractivity contribution in [2.45, 2.75) is 30.6 Å². The highest BCUT2D eigenvalue weighted by atomic mass is 35.5. The third kappa shape index (κ3) is 2.96. The molecule has 0 atom stereocenters. The van der Waals surface area contributed by atoms with Crippen LogP contribution in [0.25, 0.3) is 0 Å². The zero-order valence-corrected chi connectivity index (χ0v) is 12.1. The summed E-state index contributed by atoms with van der Waals surface area (Å²) in [6.45, 7) is 1.12. The Morgan fingerprint density at radius 1 is 1.11 bits per heavy atom. The molecule has 0 amide bonds. The summed E-state index contributed by atoms with van der Waals surface area (Å²) in [7, 11) is -3.50. The van der Waals surface area contributed by atoms with E-state index >= 15 is 0 Å². The molecule has 100 valence electrons. The van der Waals surface area contributed by atoms with Crippen molar-refractivity contribution in [1.29, 1.82) is 0 Å². The number of halogens is 2. The molecular weight excluding hydrogens is 295 g/mol. The highest BCUT2D eigenvalue weighted by Crippen LogP contribution is 2.25. The number of sulfonamides is 1. The van der Waals surface area contributed by atoms with Gasteiger partial charge in [-0.15, -0.1) is 0 Å². The van der Waals surface area contributed by atoms with Gasteiger partial charge in [-0.1, -0.05) is 36.0 Å². The molecule has 0 bridgehead atoms. The fourth-order valence-corrected chi connectivity index (χ4v) is 3.80. The summed E-state index contributed by atoms with van der Waals surface area (Å²) in [6.07, 6.45) is 5.20. The van der Waals surface area contributed by atoms with E-state index in [9.17, 15) is 8.42 Å². The van der Waals surface area contributed by atoms with Crippen LogP contribution in [0.4, 0.5) is 0 Å². The van der Waals surface area contributed by atoms with Crippen LogP contribution in [0, 0.1) is 0 Å². The standard InChI is InChI=1S/C11H14Cl2N2O2S/c12-10-7-9(8-14-11(10)13)18(16,17)15-5-3-1-2-4-6-15/h7-8H,1-6H2. The molecule has 4 nitrogen and oxygen atoms in total. The summed E-state index contributed by atoms with van der Waals surface area (Å²) < 4.78 is 26.3. The van der Waals surface area contributed by atoms with Crippen LogP contribution in [0.15, 0.2) is 17.2 Å². The molecule has 1 aliphatic rings. The van der Waals surface area contributed by atoms with Gasteiger partial charge in [-0.2, -0.15) is 4.31 Å². The summed E-state index contributed by atoms with van der Waals surface area (Å²) in [4.78, 5) is 3.90. The van der Waals surface area contributed by atoms with Gasteiger partial charge in [0, 0.05) is 19.3 Å². The lowest BCUT2D eigenvalue weighted by atomic mass is 10.2. The average molecular weight is 309 g/mol. The van der Waals surface area contributed by atoms with Gasteiger partial charge in [-0.25, -0.2) is 13.4 Å². The lowest BCUT2D eigenvalue weighted by molar-refractivity contribution is 0.423. The first kappa shape index (κ1) is 14.1. The maximum atomic E-state index is 12.4. The van der Waals surface area contributed by atoms with Crippen molar-refractivity contribution in [3.63, 3.8) is 0 Å². The molecule has 1 aromatic rings. The van der Waals surface area contributed by atoms with Crippen molar-refractivity contribution in [3.05, 3.63) is 22.4 Å². The smallest absolute Gasteiger partial charge is 0.242 e. The molecule has 0 unspecified atom stereocenters. The van der Waals surface area contributed by atoms with Gasteiger partial charge >= 0.3 is 0 Å². The van der Waals surface area contributed by atoms with E-state index in [-0.39, 0.29) is 15.1 Å². The maximum absolute atomic E-state index is 12.4. The van der Waals surface area contributed by atoms with Crippen molar-refractivity contribution in [3.8, 4) is 0 Å². The molecule has 7 heteroatoms. The van der Waals surface area contributed by atoms with E-state index in [4.69, 9.17) is 23.2 Å². The summed E-state index contributed by atoms with van der Waals surface area (Å²) >= 11 is 11.5. The Bertz CT molecular complexity index is 526. The van der Waals surface area contributed by atoms with Crippen molar-refractivity contribution in [2.75, 3.05) is 13.1 Å². The zero-order valence-electron chi connectivity index (χ0n) is 9.77. The Morgan fingerprint density at radius 2 is 1.72 bits per heavy atom. The minimum absolute atomic E-state index is 0.110. The highest BCUT2D eigenvalue weighted by Gasteiger charge is 2.26. The first-order valence-electron chi connectivity index (χ1n) is 5.83. The molecule has 0 N–H and O–H groups in total. The predicted octanol–water partition coefficient (Wildman–Crippen LogP) is 2.95. The molecule has 1 fully saturated rings. The van der Waals surface area contributed by atoms with E-state index in [1.807, 2.05) is 0 Å². The second-order valence-electron chi connectivity index (χ2n) is 4.26. The molecule has 0 radical (unpaired) electrons. The fraction of sp³-hybridized carbons (Fsp3) is 0.545. The predicted molar refractivity (Wildman–Crippen MR) is 71.5 cm³/mol. The van der Waals surface area contributed by atoms with Gasteiger partial charge < -0.3 is 0 Å². The quantitative estimate of drug-likeness (QED) is 0.789. The molecule has 18 heavy (non-hydrogen) atoms. The van der Waals surface area contributed by atoms with E-state index < -0.39 is 10.0 Å². The van der Waals surface area contributed by atoms with Crippen LogP contribution in [0.5, 0.6) is 0 Å². The van der Waals surface area contributed by atoms with Gasteiger partial charge in [0.1, 0.15) is 10.0 Å². The van der Waals surface area contributed by atoms with Crippen LogP contribution in [0.2, 0.25) is 10.2 Å². The normalized spacial score (nSPS) is 18.6. The Morgan fingerprint density at radius 3 is 2.28 bits per heavy atom. The van der Waals surface area contributed by atoms with E-state index in [0.717, 1.165) is 25.7 Å². The van der Waals surface area contributed by atoms with Gasteiger partial charge in [-0.3, -0.25) is 0 Å². The average Bonchev–Trinajstić information content (AvgIpc) is 2.61. The number of aromatic nitrogens is 1. The summed E-state index contributed by atoms with van der Waals surface area (Å²) in [5.74, 6) is 0. The molecule has 0 saturated carbocycles. The molecule has 1 saturated heterocycles. The van der Waals surface area contributed by atoms with Gasteiger partial charge in [0.2, 0.25) is 10.0 Å². The van der Waals surface area contributed by atoms with E-state index in [1.165, 1.54) is 16.6 Å². The van der Waals surface area contributed by atoms with Gasteiger partial charge in [-0.05, 0) is 18.9 Å². The second-order valence-corrected chi connectivity index (χ2v) is 6.97. The first-order chi connectivity index (χ1) is 8.51. The molecular formula is C11H14Cl2N2O2S. The largest absolute Gasteiger partial charge is 0.244 e. The summed E-state index contributed by atoms with van der Waals surface area (Å²) in [5.41, 5.74) is 0. The zero-order chi connectivity index (χ0) is 13.2. The van der Waals surface area contributed by atoms with Crippen molar-refractivity contribution >= 4 is 33.2 Å². The van der Waals surface area contributed by atoms with Crippen molar-refractivity contribution < 1.29 is 8.42 Å². The van der Waals surface area contributed by atoms with Crippen molar-refractivity contribution in [2.24, 2.45) is 0 Å². The highest BCUT2D eigenvalue weighted by molar-refractivity contribution is 7.89. The minimum Gasteiger partial charge on any atom is -0.242 e. The van der Waals surface area contributed by atoms with Crippen LogP contribution >= 0.6 is 23.2 Å². The van der Waals surface area contributed by atoms with E-state index in [2.05, 4.69) is 4.98 Å². The van der Waals surface area contributed by atoms with Gasteiger partial charge in [0.05, 0.1) is 5.02 Å². The lowest BCUT2D eigenvalue weighted by Crippen LogP contribution is -2.32. The number of hydrogen-bond acceptors (Lipinski definition) is 3. The third-order valence-corrected chi connectivity index (χ3v) is 5.52. The Balaban J connectivity index is 2.31. The SMILES string of the molecule is O=S(=O)(c1cnc(Cl)c(Cl)c1)N1CCCCCC1. The molecule has 0 aliphatic carbocycles. The van der Waals surface area contributed by atoms with E-state index in [0.29, 0.717) is 13.1 Å². The molecule has 0 aromatic carbocycles. The Hall–Kier alpha value is -0.360. The van der Waals surface area contributed by atoms with Gasteiger partial charge in [0.25, 0.3) is 0 Å². The molecule has 0 spiro atoms. The van der Waals surface area contributed by atoms with Crippen LogP contribution in [0.3, 0.4) is 0 Å². The molecule has 1 aliphatic heterocycles. The Labute approximate surface area is 117 Å². The molecule has 2 heterocycles. The molecule has 1 aromatic heterocycles. The number of rotatable bonds is 2.